The van der Waals surface area contributed by atoms with E-state index in [1.165, 1.54) is 0 Å². The number of allylic oxidation sites excluding steroid dienone is 1. The number of rotatable bonds is 4. The summed E-state index contributed by atoms with van der Waals surface area (Å²) < 4.78 is 5.70. The number of phenolic OH excluding ortho intramolecular Hbond substituents is 1. The van der Waals surface area contributed by atoms with Gasteiger partial charge in [0.15, 0.2) is 0 Å². The molecule has 0 aliphatic rings. The minimum atomic E-state index is 0.219. The number of nitrogens with zero attached hydrogens (tertiary/aromatic N) is 1. The van der Waals surface area contributed by atoms with Crippen molar-refractivity contribution in [1.82, 2.24) is 4.98 Å². The minimum Gasteiger partial charge on any atom is -0.508 e. The third-order valence-electron chi connectivity index (χ3n) is 2.33. The first-order valence-corrected chi connectivity index (χ1v) is 5.31. The molecule has 1 aromatic heterocycles. The van der Waals surface area contributed by atoms with Gasteiger partial charge in [0.1, 0.15) is 17.2 Å². The predicted octanol–water partition coefficient (Wildman–Crippen LogP) is 3.31. The van der Waals surface area contributed by atoms with Crippen molar-refractivity contribution >= 4 is 0 Å². The Morgan fingerprint density at radius 1 is 1.24 bits per heavy atom. The molecule has 0 atom stereocenters. The molecule has 0 aliphatic carbocycles. The quantitative estimate of drug-likeness (QED) is 0.815. The van der Waals surface area contributed by atoms with E-state index < -0.39 is 0 Å². The SMILES string of the molecule is C=CCc1c(O)cccc1Oc1ccncc1. The van der Waals surface area contributed by atoms with Crippen molar-refractivity contribution in [3.63, 3.8) is 0 Å². The van der Waals surface area contributed by atoms with Gasteiger partial charge in [-0.3, -0.25) is 4.98 Å². The van der Waals surface area contributed by atoms with Gasteiger partial charge in [0.05, 0.1) is 0 Å². The maximum Gasteiger partial charge on any atom is 0.134 e. The molecular formula is C14H13NO2. The zero-order valence-corrected chi connectivity index (χ0v) is 9.34. The number of hydrogen-bond donors (Lipinski definition) is 1. The van der Waals surface area contributed by atoms with Gasteiger partial charge in [0.2, 0.25) is 0 Å². The molecule has 0 saturated heterocycles. The van der Waals surface area contributed by atoms with Crippen LogP contribution in [0.3, 0.4) is 0 Å². The molecule has 2 rings (SSSR count). The number of pyridine rings is 1. The fraction of sp³-hybridized carbons (Fsp3) is 0.0714. The van der Waals surface area contributed by atoms with Gasteiger partial charge in [-0.2, -0.15) is 0 Å². The molecule has 86 valence electrons. The lowest BCUT2D eigenvalue weighted by Crippen LogP contribution is -1.91. The molecular weight excluding hydrogens is 214 g/mol. The van der Waals surface area contributed by atoms with Crippen LogP contribution in [0.5, 0.6) is 17.2 Å². The largest absolute Gasteiger partial charge is 0.508 e. The third-order valence-corrected chi connectivity index (χ3v) is 2.33. The van der Waals surface area contributed by atoms with Crippen LogP contribution in [0.4, 0.5) is 0 Å². The van der Waals surface area contributed by atoms with Crippen molar-refractivity contribution in [2.45, 2.75) is 6.42 Å². The Bertz CT molecular complexity index is 509. The number of benzene rings is 1. The zero-order valence-electron chi connectivity index (χ0n) is 9.34. The minimum absolute atomic E-state index is 0.219. The lowest BCUT2D eigenvalue weighted by Gasteiger charge is -2.11. The van der Waals surface area contributed by atoms with Crippen molar-refractivity contribution in [1.29, 1.82) is 0 Å². The molecule has 1 N–H and O–H groups in total. The predicted molar refractivity (Wildman–Crippen MR) is 66.3 cm³/mol. The van der Waals surface area contributed by atoms with E-state index in [1.807, 2.05) is 6.07 Å². The highest BCUT2D eigenvalue weighted by molar-refractivity contribution is 5.46. The summed E-state index contributed by atoms with van der Waals surface area (Å²) in [6, 6.07) is 8.74. The summed E-state index contributed by atoms with van der Waals surface area (Å²) in [6.45, 7) is 3.67. The van der Waals surface area contributed by atoms with Gasteiger partial charge in [0.25, 0.3) is 0 Å². The van der Waals surface area contributed by atoms with Crippen LogP contribution >= 0.6 is 0 Å². The molecule has 2 aromatic rings. The van der Waals surface area contributed by atoms with Crippen molar-refractivity contribution < 1.29 is 9.84 Å². The fourth-order valence-corrected chi connectivity index (χ4v) is 1.53. The molecule has 0 amide bonds. The Labute approximate surface area is 100 Å². The van der Waals surface area contributed by atoms with Gasteiger partial charge < -0.3 is 9.84 Å². The van der Waals surface area contributed by atoms with E-state index in [2.05, 4.69) is 11.6 Å². The average molecular weight is 227 g/mol. The first-order valence-electron chi connectivity index (χ1n) is 5.31. The Kier molecular flexibility index (Phi) is 3.40. The van der Waals surface area contributed by atoms with Crippen LogP contribution in [0.25, 0.3) is 0 Å². The maximum atomic E-state index is 9.76. The summed E-state index contributed by atoms with van der Waals surface area (Å²) in [7, 11) is 0. The first kappa shape index (κ1) is 11.2. The van der Waals surface area contributed by atoms with Crippen LogP contribution < -0.4 is 4.74 Å². The Balaban J connectivity index is 2.32. The molecule has 0 saturated carbocycles. The van der Waals surface area contributed by atoms with Gasteiger partial charge in [-0.25, -0.2) is 0 Å². The van der Waals surface area contributed by atoms with Gasteiger partial charge in [-0.1, -0.05) is 12.1 Å². The van der Waals surface area contributed by atoms with Crippen LogP contribution in [0.2, 0.25) is 0 Å². The molecule has 3 nitrogen and oxygen atoms in total. The van der Waals surface area contributed by atoms with E-state index in [1.54, 1.807) is 42.7 Å². The van der Waals surface area contributed by atoms with E-state index in [0.29, 0.717) is 17.9 Å². The van der Waals surface area contributed by atoms with Crippen LogP contribution in [-0.2, 0) is 6.42 Å². The van der Waals surface area contributed by atoms with Gasteiger partial charge >= 0.3 is 0 Å². The molecule has 17 heavy (non-hydrogen) atoms. The number of ether oxygens (including phenoxy) is 1. The Morgan fingerprint density at radius 3 is 2.71 bits per heavy atom. The summed E-state index contributed by atoms with van der Waals surface area (Å²) in [6.07, 6.45) is 5.61. The van der Waals surface area contributed by atoms with Crippen LogP contribution in [0, 0.1) is 0 Å². The summed E-state index contributed by atoms with van der Waals surface area (Å²) >= 11 is 0. The van der Waals surface area contributed by atoms with E-state index >= 15 is 0 Å². The van der Waals surface area contributed by atoms with Crippen LogP contribution in [0.1, 0.15) is 5.56 Å². The second kappa shape index (κ2) is 5.16. The molecule has 0 aliphatic heterocycles. The number of phenols is 1. The van der Waals surface area contributed by atoms with E-state index in [-0.39, 0.29) is 5.75 Å². The highest BCUT2D eigenvalue weighted by Gasteiger charge is 2.08. The number of aromatic nitrogens is 1. The molecule has 0 fully saturated rings. The molecule has 1 aromatic carbocycles. The first-order chi connectivity index (χ1) is 8.31. The number of hydrogen-bond acceptors (Lipinski definition) is 3. The Hall–Kier alpha value is -2.29. The molecule has 3 heteroatoms. The highest BCUT2D eigenvalue weighted by Crippen LogP contribution is 2.31. The lowest BCUT2D eigenvalue weighted by molar-refractivity contribution is 0.446. The van der Waals surface area contributed by atoms with Crippen molar-refractivity contribution in [2.24, 2.45) is 0 Å². The van der Waals surface area contributed by atoms with Crippen LogP contribution in [-0.4, -0.2) is 10.1 Å². The molecule has 0 radical (unpaired) electrons. The van der Waals surface area contributed by atoms with E-state index in [9.17, 15) is 5.11 Å². The van der Waals surface area contributed by atoms with E-state index in [0.717, 1.165) is 5.56 Å². The average Bonchev–Trinajstić information content (AvgIpc) is 2.35. The molecule has 1 heterocycles. The second-order valence-electron chi connectivity index (χ2n) is 3.53. The van der Waals surface area contributed by atoms with Crippen molar-refractivity contribution in [3.8, 4) is 17.2 Å². The maximum absolute atomic E-state index is 9.76. The van der Waals surface area contributed by atoms with Crippen LogP contribution in [0.15, 0.2) is 55.4 Å². The summed E-state index contributed by atoms with van der Waals surface area (Å²) in [4.78, 5) is 3.92. The van der Waals surface area contributed by atoms with E-state index in [4.69, 9.17) is 4.74 Å². The summed E-state index contributed by atoms with van der Waals surface area (Å²) in [5, 5.41) is 9.76. The smallest absolute Gasteiger partial charge is 0.134 e. The van der Waals surface area contributed by atoms with Gasteiger partial charge in [-0.15, -0.1) is 6.58 Å². The van der Waals surface area contributed by atoms with Crippen molar-refractivity contribution in [2.75, 3.05) is 0 Å². The molecule has 0 bridgehead atoms. The third kappa shape index (κ3) is 2.64. The normalized spacial score (nSPS) is 9.88. The fourth-order valence-electron chi connectivity index (χ4n) is 1.53. The Morgan fingerprint density at radius 2 is 2.00 bits per heavy atom. The van der Waals surface area contributed by atoms with Crippen molar-refractivity contribution in [3.05, 3.63) is 60.9 Å². The lowest BCUT2D eigenvalue weighted by atomic mass is 10.1. The molecule has 0 unspecified atom stereocenters. The monoisotopic (exact) mass is 227 g/mol. The highest BCUT2D eigenvalue weighted by atomic mass is 16.5. The summed E-state index contributed by atoms with van der Waals surface area (Å²) in [5.41, 5.74) is 0.735. The molecule has 0 spiro atoms. The number of aromatic hydroxyl groups is 1. The summed E-state index contributed by atoms with van der Waals surface area (Å²) in [5.74, 6) is 1.54. The topological polar surface area (TPSA) is 42.4 Å². The van der Waals surface area contributed by atoms with Gasteiger partial charge in [0, 0.05) is 18.0 Å². The zero-order chi connectivity index (χ0) is 12.1. The standard InChI is InChI=1S/C14H13NO2/c1-2-4-12-13(16)5-3-6-14(12)17-11-7-9-15-10-8-11/h2-3,5-10,16H,1,4H2. The van der Waals surface area contributed by atoms with Gasteiger partial charge in [-0.05, 0) is 30.7 Å². The second-order valence-corrected chi connectivity index (χ2v) is 3.53.